The van der Waals surface area contributed by atoms with E-state index in [1.54, 1.807) is 6.07 Å². The van der Waals surface area contributed by atoms with Gasteiger partial charge in [0, 0.05) is 22.6 Å². The molecular weight excluding hydrogens is 469 g/mol. The Morgan fingerprint density at radius 2 is 1.72 bits per heavy atom. The highest BCUT2D eigenvalue weighted by atomic mass is 79.9. The quantitative estimate of drug-likeness (QED) is 0.335. The molecule has 0 fully saturated rings. The highest BCUT2D eigenvalue weighted by molar-refractivity contribution is 9.10. The minimum absolute atomic E-state index is 0.400. The zero-order valence-electron chi connectivity index (χ0n) is 16.3. The second-order valence-electron chi connectivity index (χ2n) is 7.10. The Balaban J connectivity index is 1.57. The van der Waals surface area contributed by atoms with Crippen molar-refractivity contribution in [2.75, 3.05) is 0 Å². The van der Waals surface area contributed by atoms with Crippen LogP contribution >= 0.6 is 39.1 Å². The molecule has 3 aromatic carbocycles. The Bertz CT molecular complexity index is 933. The molecule has 2 nitrogen and oxygen atoms in total. The Morgan fingerprint density at radius 3 is 2.48 bits per heavy atom. The van der Waals surface area contributed by atoms with E-state index in [0.717, 1.165) is 40.7 Å². The van der Waals surface area contributed by atoms with E-state index in [2.05, 4.69) is 64.6 Å². The molecule has 0 spiro atoms. The molecule has 0 radical (unpaired) electrons. The standard InChI is InChI=1S/C24H24BrCl2NO/c1-17(7-8-18-5-3-2-4-6-18)28-15-20-14-21(25)10-12-24(20)29-16-19-9-11-22(26)23(27)13-19/h2-6,9-14,17,28H,7-8,15-16H2,1H3. The lowest BCUT2D eigenvalue weighted by atomic mass is 10.1. The van der Waals surface area contributed by atoms with Crippen LogP contribution in [0.5, 0.6) is 5.75 Å². The summed E-state index contributed by atoms with van der Waals surface area (Å²) in [6, 6.07) is 22.6. The second kappa shape index (κ2) is 11.0. The molecule has 29 heavy (non-hydrogen) atoms. The average Bonchev–Trinajstić information content (AvgIpc) is 2.73. The Hall–Kier alpha value is -1.52. The van der Waals surface area contributed by atoms with Gasteiger partial charge in [-0.25, -0.2) is 0 Å². The van der Waals surface area contributed by atoms with Gasteiger partial charge in [0.15, 0.2) is 0 Å². The van der Waals surface area contributed by atoms with Gasteiger partial charge in [-0.05, 0) is 61.2 Å². The minimum atomic E-state index is 0.400. The van der Waals surface area contributed by atoms with E-state index < -0.39 is 0 Å². The Morgan fingerprint density at radius 1 is 0.931 bits per heavy atom. The molecular formula is C24H24BrCl2NO. The van der Waals surface area contributed by atoms with Crippen LogP contribution in [0.25, 0.3) is 0 Å². The molecule has 0 amide bonds. The molecule has 0 aromatic heterocycles. The van der Waals surface area contributed by atoms with Gasteiger partial charge in [0.25, 0.3) is 0 Å². The van der Waals surface area contributed by atoms with Gasteiger partial charge in [0.2, 0.25) is 0 Å². The molecule has 1 N–H and O–H groups in total. The molecule has 1 unspecified atom stereocenters. The maximum Gasteiger partial charge on any atom is 0.124 e. The van der Waals surface area contributed by atoms with Crippen LogP contribution in [-0.4, -0.2) is 6.04 Å². The average molecular weight is 493 g/mol. The van der Waals surface area contributed by atoms with Gasteiger partial charge < -0.3 is 10.1 Å². The minimum Gasteiger partial charge on any atom is -0.489 e. The maximum atomic E-state index is 6.10. The van der Waals surface area contributed by atoms with Crippen molar-refractivity contribution in [1.29, 1.82) is 0 Å². The van der Waals surface area contributed by atoms with Crippen molar-refractivity contribution in [2.45, 2.75) is 39.0 Å². The summed E-state index contributed by atoms with van der Waals surface area (Å²) in [7, 11) is 0. The van der Waals surface area contributed by atoms with E-state index in [-0.39, 0.29) is 0 Å². The van der Waals surface area contributed by atoms with Crippen molar-refractivity contribution in [3.8, 4) is 5.75 Å². The SMILES string of the molecule is CC(CCc1ccccc1)NCc1cc(Br)ccc1OCc1ccc(Cl)c(Cl)c1. The monoisotopic (exact) mass is 491 g/mol. The third-order valence-electron chi connectivity index (χ3n) is 4.75. The van der Waals surface area contributed by atoms with E-state index in [9.17, 15) is 0 Å². The van der Waals surface area contributed by atoms with Crippen molar-refractivity contribution in [2.24, 2.45) is 0 Å². The molecule has 0 heterocycles. The normalized spacial score (nSPS) is 12.0. The van der Waals surface area contributed by atoms with Crippen LogP contribution in [0.1, 0.15) is 30.0 Å². The van der Waals surface area contributed by atoms with Gasteiger partial charge >= 0.3 is 0 Å². The summed E-state index contributed by atoms with van der Waals surface area (Å²) in [6.45, 7) is 3.40. The molecule has 0 saturated carbocycles. The van der Waals surface area contributed by atoms with E-state index in [0.29, 0.717) is 22.7 Å². The van der Waals surface area contributed by atoms with E-state index in [1.165, 1.54) is 5.56 Å². The van der Waals surface area contributed by atoms with Crippen molar-refractivity contribution in [3.63, 3.8) is 0 Å². The van der Waals surface area contributed by atoms with Crippen molar-refractivity contribution >= 4 is 39.1 Å². The summed E-state index contributed by atoms with van der Waals surface area (Å²) < 4.78 is 7.11. The van der Waals surface area contributed by atoms with Crippen LogP contribution < -0.4 is 10.1 Å². The fourth-order valence-electron chi connectivity index (χ4n) is 3.03. The first-order chi connectivity index (χ1) is 14.0. The molecule has 0 saturated heterocycles. The third kappa shape index (κ3) is 7.04. The van der Waals surface area contributed by atoms with Crippen molar-refractivity contribution in [3.05, 3.63) is 97.9 Å². The van der Waals surface area contributed by atoms with Gasteiger partial charge in [-0.2, -0.15) is 0 Å². The highest BCUT2D eigenvalue weighted by Crippen LogP contribution is 2.26. The third-order valence-corrected chi connectivity index (χ3v) is 5.98. The van der Waals surface area contributed by atoms with Crippen molar-refractivity contribution in [1.82, 2.24) is 5.32 Å². The summed E-state index contributed by atoms with van der Waals surface area (Å²) in [5.74, 6) is 0.863. The smallest absolute Gasteiger partial charge is 0.124 e. The molecule has 0 aliphatic heterocycles. The number of hydrogen-bond acceptors (Lipinski definition) is 2. The van der Waals surface area contributed by atoms with Crippen LogP contribution in [0.4, 0.5) is 0 Å². The van der Waals surface area contributed by atoms with E-state index in [4.69, 9.17) is 27.9 Å². The first kappa shape index (κ1) is 22.2. The number of rotatable bonds is 9. The van der Waals surface area contributed by atoms with E-state index >= 15 is 0 Å². The Labute approximate surface area is 191 Å². The number of nitrogens with one attached hydrogen (secondary N) is 1. The number of halogens is 3. The maximum absolute atomic E-state index is 6.10. The lowest BCUT2D eigenvalue weighted by Crippen LogP contribution is -2.26. The van der Waals surface area contributed by atoms with Gasteiger partial charge in [0.1, 0.15) is 12.4 Å². The van der Waals surface area contributed by atoms with Crippen LogP contribution in [0, 0.1) is 0 Å². The summed E-state index contributed by atoms with van der Waals surface area (Å²) in [6.07, 6.45) is 2.14. The summed E-state index contributed by atoms with van der Waals surface area (Å²) in [5, 5.41) is 4.70. The molecule has 152 valence electrons. The van der Waals surface area contributed by atoms with Gasteiger partial charge in [-0.1, -0.05) is 75.5 Å². The molecule has 0 bridgehead atoms. The fraction of sp³-hybridized carbons (Fsp3) is 0.250. The summed E-state index contributed by atoms with van der Waals surface area (Å²) in [4.78, 5) is 0. The predicted octanol–water partition coefficient (Wildman–Crippen LogP) is 7.45. The topological polar surface area (TPSA) is 21.3 Å². The lowest BCUT2D eigenvalue weighted by molar-refractivity contribution is 0.301. The predicted molar refractivity (Wildman–Crippen MR) is 126 cm³/mol. The van der Waals surface area contributed by atoms with Crippen molar-refractivity contribution < 1.29 is 4.74 Å². The van der Waals surface area contributed by atoms with Gasteiger partial charge in [0.05, 0.1) is 10.0 Å². The lowest BCUT2D eigenvalue weighted by Gasteiger charge is -2.17. The molecule has 5 heteroatoms. The van der Waals surface area contributed by atoms with Crippen LogP contribution in [0.2, 0.25) is 10.0 Å². The summed E-state index contributed by atoms with van der Waals surface area (Å²) >= 11 is 15.7. The highest BCUT2D eigenvalue weighted by Gasteiger charge is 2.09. The fourth-order valence-corrected chi connectivity index (χ4v) is 3.76. The van der Waals surface area contributed by atoms with Crippen LogP contribution in [-0.2, 0) is 19.6 Å². The molecule has 3 aromatic rings. The number of ether oxygens (including phenoxy) is 1. The van der Waals surface area contributed by atoms with Crippen LogP contribution in [0.3, 0.4) is 0 Å². The molecule has 0 aliphatic carbocycles. The van der Waals surface area contributed by atoms with E-state index in [1.807, 2.05) is 24.3 Å². The molecule has 0 aliphatic rings. The van der Waals surface area contributed by atoms with Crippen LogP contribution in [0.15, 0.2) is 71.2 Å². The first-order valence-corrected chi connectivity index (χ1v) is 11.2. The van der Waals surface area contributed by atoms with Gasteiger partial charge in [-0.3, -0.25) is 0 Å². The second-order valence-corrected chi connectivity index (χ2v) is 8.83. The summed E-state index contributed by atoms with van der Waals surface area (Å²) in [5.41, 5.74) is 3.47. The number of aryl methyl sites for hydroxylation is 1. The number of benzene rings is 3. The zero-order valence-corrected chi connectivity index (χ0v) is 19.4. The zero-order chi connectivity index (χ0) is 20.6. The Kier molecular flexibility index (Phi) is 8.43. The molecule has 1 atom stereocenters. The first-order valence-electron chi connectivity index (χ1n) is 9.63. The largest absolute Gasteiger partial charge is 0.489 e. The molecule has 3 rings (SSSR count). The van der Waals surface area contributed by atoms with Gasteiger partial charge in [-0.15, -0.1) is 0 Å². The number of hydrogen-bond donors (Lipinski definition) is 1.